The molecule has 0 bridgehead atoms. The molecule has 0 radical (unpaired) electrons. The van der Waals surface area contributed by atoms with Crippen LogP contribution >= 0.6 is 7.82 Å². The van der Waals surface area contributed by atoms with Crippen molar-refractivity contribution >= 4 is 36.9 Å². The second-order valence-corrected chi connectivity index (χ2v) is 13.1. The lowest BCUT2D eigenvalue weighted by Crippen LogP contribution is -2.31. The molecule has 2 aromatic rings. The first-order valence-electron chi connectivity index (χ1n) is 12.2. The van der Waals surface area contributed by atoms with Crippen LogP contribution in [0.4, 0.5) is 5.95 Å². The summed E-state index contributed by atoms with van der Waals surface area (Å²) in [4.78, 5) is 46.8. The number of aromatic amines is 1. The third-order valence-electron chi connectivity index (χ3n) is 5.66. The summed E-state index contributed by atoms with van der Waals surface area (Å²) in [6.07, 6.45) is 1.79. The molecule has 0 aromatic carbocycles. The molecule has 39 heavy (non-hydrogen) atoms. The van der Waals surface area contributed by atoms with Crippen molar-refractivity contribution in [3.8, 4) is 0 Å². The zero-order valence-electron chi connectivity index (χ0n) is 23.1. The average Bonchev–Trinajstić information content (AvgIpc) is 3.40. The van der Waals surface area contributed by atoms with Gasteiger partial charge in [0.2, 0.25) is 19.5 Å². The Morgan fingerprint density at radius 2 is 1.69 bits per heavy atom. The second-order valence-electron chi connectivity index (χ2n) is 11.4. The minimum Gasteiger partial charge on any atom is -0.437 e. The molecule has 2 atom stereocenters. The molecule has 0 unspecified atom stereocenters. The maximum absolute atomic E-state index is 13.4. The number of phosphoric acid groups is 1. The number of ether oxygens (including phenoxy) is 3. The van der Waals surface area contributed by atoms with Gasteiger partial charge in [0.1, 0.15) is 6.23 Å². The Morgan fingerprint density at radius 3 is 2.23 bits per heavy atom. The quantitative estimate of drug-likeness (QED) is 0.239. The lowest BCUT2D eigenvalue weighted by atomic mass is 9.98. The van der Waals surface area contributed by atoms with Crippen LogP contribution in [0.15, 0.2) is 11.1 Å². The molecule has 1 saturated heterocycles. The molecule has 1 aliphatic rings. The van der Waals surface area contributed by atoms with Crippen LogP contribution < -0.4 is 11.3 Å². The summed E-state index contributed by atoms with van der Waals surface area (Å²) in [5, 5.41) is 0. The molecule has 3 rings (SSSR count). The SMILES string of the molecule is CC(C)(C)C(=O)OCOP(=O)(OCOC(=O)C(C)(C)C)OC[C@]1(C)CC[C@H](n2cnc3c(=O)[nH]c(N)nc32)O1. The zero-order chi connectivity index (χ0) is 29.2. The summed E-state index contributed by atoms with van der Waals surface area (Å²) in [6.45, 7) is 9.90. The Balaban J connectivity index is 1.67. The predicted molar refractivity (Wildman–Crippen MR) is 137 cm³/mol. The third-order valence-corrected chi connectivity index (χ3v) is 6.94. The minimum absolute atomic E-state index is 0.0621. The number of fused-ring (bicyclic) bond motifs is 1. The third kappa shape index (κ3) is 7.85. The van der Waals surface area contributed by atoms with E-state index in [-0.39, 0.29) is 23.7 Å². The molecule has 218 valence electrons. The molecular formula is C23H36N5O10P. The summed E-state index contributed by atoms with van der Waals surface area (Å²) < 4.78 is 47.0. The van der Waals surface area contributed by atoms with E-state index in [1.54, 1.807) is 53.0 Å². The van der Waals surface area contributed by atoms with Gasteiger partial charge in [-0.1, -0.05) is 0 Å². The lowest BCUT2D eigenvalue weighted by molar-refractivity contribution is -0.164. The second kappa shape index (κ2) is 11.3. The smallest absolute Gasteiger partial charge is 0.437 e. The van der Waals surface area contributed by atoms with Crippen LogP contribution in [-0.4, -0.2) is 57.3 Å². The van der Waals surface area contributed by atoms with Crippen molar-refractivity contribution in [2.45, 2.75) is 73.1 Å². The van der Waals surface area contributed by atoms with Crippen LogP contribution in [0, 0.1) is 10.8 Å². The van der Waals surface area contributed by atoms with E-state index in [4.69, 9.17) is 33.5 Å². The Kier molecular flexibility index (Phi) is 8.92. The maximum Gasteiger partial charge on any atom is 0.480 e. The van der Waals surface area contributed by atoms with E-state index in [0.29, 0.717) is 12.8 Å². The molecule has 16 heteroatoms. The highest BCUT2D eigenvalue weighted by Crippen LogP contribution is 2.51. The fourth-order valence-corrected chi connectivity index (χ4v) is 4.40. The number of aromatic nitrogens is 4. The predicted octanol–water partition coefficient (Wildman–Crippen LogP) is 3.02. The number of rotatable bonds is 10. The number of nitrogens with two attached hydrogens (primary N) is 1. The van der Waals surface area contributed by atoms with Crippen LogP contribution in [0.3, 0.4) is 0 Å². The molecule has 1 fully saturated rings. The number of carbonyl (C=O) groups excluding carboxylic acids is 2. The first-order chi connectivity index (χ1) is 17.9. The molecule has 15 nitrogen and oxygen atoms in total. The molecular weight excluding hydrogens is 537 g/mol. The van der Waals surface area contributed by atoms with Crippen LogP contribution in [0.5, 0.6) is 0 Å². The van der Waals surface area contributed by atoms with Crippen LogP contribution in [0.1, 0.15) is 67.5 Å². The monoisotopic (exact) mass is 573 g/mol. The van der Waals surface area contributed by atoms with Crippen molar-refractivity contribution < 1.29 is 41.9 Å². The van der Waals surface area contributed by atoms with Gasteiger partial charge in [-0.3, -0.25) is 28.5 Å². The maximum atomic E-state index is 13.4. The fourth-order valence-electron chi connectivity index (χ4n) is 3.38. The highest BCUT2D eigenvalue weighted by molar-refractivity contribution is 7.48. The van der Waals surface area contributed by atoms with Gasteiger partial charge >= 0.3 is 19.8 Å². The molecule has 2 aromatic heterocycles. The normalized spacial score (nSPS) is 20.3. The van der Waals surface area contributed by atoms with Crippen molar-refractivity contribution in [1.82, 2.24) is 19.5 Å². The number of hydrogen-bond acceptors (Lipinski definition) is 13. The Morgan fingerprint density at radius 1 is 1.13 bits per heavy atom. The van der Waals surface area contributed by atoms with Crippen LogP contribution in [0.2, 0.25) is 0 Å². The number of H-pyrrole nitrogens is 1. The van der Waals surface area contributed by atoms with Gasteiger partial charge in [-0.25, -0.2) is 18.6 Å². The van der Waals surface area contributed by atoms with Crippen molar-refractivity contribution in [3.05, 3.63) is 16.7 Å². The van der Waals surface area contributed by atoms with Gasteiger partial charge in [-0.2, -0.15) is 4.98 Å². The van der Waals surface area contributed by atoms with Gasteiger partial charge in [0.15, 0.2) is 11.2 Å². The Labute approximate surface area is 225 Å². The van der Waals surface area contributed by atoms with E-state index in [1.165, 1.54) is 6.33 Å². The number of nitrogens with one attached hydrogen (secondary N) is 1. The van der Waals surface area contributed by atoms with E-state index < -0.39 is 61.6 Å². The largest absolute Gasteiger partial charge is 0.480 e. The number of imidazole rings is 1. The van der Waals surface area contributed by atoms with Gasteiger partial charge in [-0.15, -0.1) is 0 Å². The van der Waals surface area contributed by atoms with Gasteiger partial charge < -0.3 is 19.9 Å². The van der Waals surface area contributed by atoms with E-state index in [2.05, 4.69) is 15.0 Å². The molecule has 0 amide bonds. The van der Waals surface area contributed by atoms with Crippen molar-refractivity contribution in [2.24, 2.45) is 10.8 Å². The lowest BCUT2D eigenvalue weighted by Gasteiger charge is -2.27. The number of phosphoric ester groups is 1. The van der Waals surface area contributed by atoms with Gasteiger partial charge in [0.05, 0.1) is 29.4 Å². The highest BCUT2D eigenvalue weighted by atomic mass is 31.2. The number of nitrogen functional groups attached to an aromatic ring is 1. The number of carbonyl (C=O) groups is 2. The van der Waals surface area contributed by atoms with Gasteiger partial charge in [0, 0.05) is 0 Å². The Bertz CT molecular complexity index is 1280. The number of esters is 2. The molecule has 3 heterocycles. The molecule has 0 aliphatic carbocycles. The first kappa shape index (κ1) is 30.7. The summed E-state index contributed by atoms with van der Waals surface area (Å²) in [7, 11) is -4.39. The molecule has 1 aliphatic heterocycles. The molecule has 0 saturated carbocycles. The summed E-state index contributed by atoms with van der Waals surface area (Å²) in [5.41, 5.74) is 2.95. The van der Waals surface area contributed by atoms with Crippen molar-refractivity contribution in [3.63, 3.8) is 0 Å². The zero-order valence-corrected chi connectivity index (χ0v) is 24.0. The van der Waals surface area contributed by atoms with Gasteiger partial charge in [0.25, 0.3) is 5.56 Å². The van der Waals surface area contributed by atoms with Crippen molar-refractivity contribution in [2.75, 3.05) is 25.9 Å². The average molecular weight is 574 g/mol. The minimum atomic E-state index is -4.39. The fraction of sp³-hybridized carbons (Fsp3) is 0.696. The number of nitrogens with zero attached hydrogens (tertiary/aromatic N) is 3. The summed E-state index contributed by atoms with van der Waals surface area (Å²) in [6, 6.07) is 0. The van der Waals surface area contributed by atoms with E-state index >= 15 is 0 Å². The van der Waals surface area contributed by atoms with Gasteiger partial charge in [-0.05, 0) is 61.3 Å². The van der Waals surface area contributed by atoms with Crippen molar-refractivity contribution in [1.29, 1.82) is 0 Å². The van der Waals surface area contributed by atoms with E-state index in [1.807, 2.05) is 0 Å². The topological polar surface area (TPSA) is 196 Å². The van der Waals surface area contributed by atoms with E-state index in [0.717, 1.165) is 0 Å². The Hall–Kier alpha value is -2.84. The molecule has 3 N–H and O–H groups in total. The molecule has 0 spiro atoms. The number of hydrogen-bond donors (Lipinski definition) is 2. The highest BCUT2D eigenvalue weighted by Gasteiger charge is 2.41. The van der Waals surface area contributed by atoms with Crippen LogP contribution in [0.25, 0.3) is 11.2 Å². The first-order valence-corrected chi connectivity index (χ1v) is 13.7. The van der Waals surface area contributed by atoms with E-state index in [9.17, 15) is 18.9 Å². The summed E-state index contributed by atoms with van der Waals surface area (Å²) >= 11 is 0. The van der Waals surface area contributed by atoms with Crippen LogP contribution in [-0.2, 0) is 41.9 Å². The number of anilines is 1. The summed E-state index contributed by atoms with van der Waals surface area (Å²) in [5.74, 6) is -1.25. The standard InChI is InChI=1S/C23H36N5O10P/c1-21(2,3)18(30)33-12-36-39(32,37-13-34-19(31)22(4,5)6)35-10-23(7)9-8-14(38-23)28-11-25-15-16(28)26-20(24)27-17(15)29/h11,14H,8-10,12-13H2,1-7H3,(H3,24,26,27,29)/t14-,23+/m1/s1.